The predicted octanol–water partition coefficient (Wildman–Crippen LogP) is 4.09. The lowest BCUT2D eigenvalue weighted by Crippen LogP contribution is -2.40. The van der Waals surface area contributed by atoms with Gasteiger partial charge < -0.3 is 14.6 Å². The monoisotopic (exact) mass is 504 g/mol. The summed E-state index contributed by atoms with van der Waals surface area (Å²) in [6.07, 6.45) is 3.62. The van der Waals surface area contributed by atoms with Crippen LogP contribution in [0.2, 0.25) is 0 Å². The lowest BCUT2D eigenvalue weighted by atomic mass is 10.2. The van der Waals surface area contributed by atoms with Crippen molar-refractivity contribution in [1.82, 2.24) is 14.9 Å². The van der Waals surface area contributed by atoms with Gasteiger partial charge in [-0.25, -0.2) is 13.4 Å². The van der Waals surface area contributed by atoms with Crippen LogP contribution in [0.3, 0.4) is 0 Å². The van der Waals surface area contributed by atoms with Crippen molar-refractivity contribution in [3.63, 3.8) is 0 Å². The largest absolute Gasteiger partial charge is 0.492 e. The highest BCUT2D eigenvalue weighted by Gasteiger charge is 2.29. The van der Waals surface area contributed by atoms with E-state index in [9.17, 15) is 13.2 Å². The first-order valence-electron chi connectivity index (χ1n) is 11.6. The molecular formula is C27H28N4O4S. The highest BCUT2D eigenvalue weighted by atomic mass is 32.2. The van der Waals surface area contributed by atoms with Gasteiger partial charge in [0, 0.05) is 24.6 Å². The Labute approximate surface area is 211 Å². The van der Waals surface area contributed by atoms with Crippen LogP contribution in [0.4, 0.5) is 5.69 Å². The molecule has 4 aromatic rings. The summed E-state index contributed by atoms with van der Waals surface area (Å²) in [4.78, 5) is 17.3. The number of hydrogen-bond donors (Lipinski definition) is 1. The molecule has 0 aliphatic heterocycles. The molecule has 8 nitrogen and oxygen atoms in total. The first kappa shape index (κ1) is 25.0. The summed E-state index contributed by atoms with van der Waals surface area (Å²) in [5.74, 6) is 0.830. The molecule has 0 aliphatic rings. The molecule has 36 heavy (non-hydrogen) atoms. The van der Waals surface area contributed by atoms with E-state index in [1.165, 1.54) is 12.1 Å². The smallest absolute Gasteiger partial charge is 0.264 e. The number of benzene rings is 3. The van der Waals surface area contributed by atoms with Crippen LogP contribution >= 0.6 is 0 Å². The predicted molar refractivity (Wildman–Crippen MR) is 139 cm³/mol. The Balaban J connectivity index is 1.53. The minimum Gasteiger partial charge on any atom is -0.492 e. The number of aromatic nitrogens is 2. The second-order valence-electron chi connectivity index (χ2n) is 8.01. The van der Waals surface area contributed by atoms with Gasteiger partial charge in [0.15, 0.2) is 0 Å². The number of nitrogens with zero attached hydrogens (tertiary/aromatic N) is 3. The van der Waals surface area contributed by atoms with Crippen LogP contribution in [0.15, 0.2) is 96.2 Å². The van der Waals surface area contributed by atoms with Crippen LogP contribution in [0.5, 0.6) is 5.75 Å². The summed E-state index contributed by atoms with van der Waals surface area (Å²) in [6.45, 7) is 3.96. The highest BCUT2D eigenvalue weighted by Crippen LogP contribution is 2.32. The van der Waals surface area contributed by atoms with Crippen molar-refractivity contribution in [2.45, 2.75) is 25.3 Å². The summed E-state index contributed by atoms with van der Waals surface area (Å²) >= 11 is 0. The molecule has 1 N–H and O–H groups in total. The highest BCUT2D eigenvalue weighted by molar-refractivity contribution is 7.92. The molecule has 0 saturated heterocycles. The minimum atomic E-state index is -4.02. The molecule has 1 amide bonds. The van der Waals surface area contributed by atoms with Gasteiger partial charge in [0.1, 0.15) is 18.1 Å². The van der Waals surface area contributed by atoms with E-state index < -0.39 is 22.5 Å². The van der Waals surface area contributed by atoms with Crippen LogP contribution in [0.25, 0.3) is 5.69 Å². The van der Waals surface area contributed by atoms with Crippen molar-refractivity contribution in [2.75, 3.05) is 17.5 Å². The normalized spacial score (nSPS) is 11.2. The zero-order valence-electron chi connectivity index (χ0n) is 20.2. The van der Waals surface area contributed by atoms with Crippen LogP contribution < -0.4 is 14.4 Å². The minimum absolute atomic E-state index is 0.0921. The molecule has 4 rings (SSSR count). The number of carbonyl (C=O) groups is 1. The Bertz CT molecular complexity index is 1420. The molecule has 9 heteroatoms. The van der Waals surface area contributed by atoms with Gasteiger partial charge in [-0.1, -0.05) is 42.5 Å². The van der Waals surface area contributed by atoms with Crippen LogP contribution in [-0.4, -0.2) is 37.0 Å². The van der Waals surface area contributed by atoms with Crippen molar-refractivity contribution in [3.8, 4) is 11.4 Å². The number of para-hydroxylation sites is 2. The van der Waals surface area contributed by atoms with Crippen LogP contribution in [0, 0.1) is 6.92 Å². The van der Waals surface area contributed by atoms with Crippen LogP contribution in [-0.2, 0) is 21.4 Å². The number of amides is 1. The van der Waals surface area contributed by atoms with E-state index >= 15 is 0 Å². The van der Waals surface area contributed by atoms with Gasteiger partial charge in [0.25, 0.3) is 10.0 Å². The van der Waals surface area contributed by atoms with Crippen molar-refractivity contribution in [1.29, 1.82) is 0 Å². The van der Waals surface area contributed by atoms with Gasteiger partial charge in [-0.3, -0.25) is 9.10 Å². The standard InChI is InChI=1S/C27H28N4O4S/c1-3-35-26-12-8-7-11-25(26)31(36(33,34)24-9-5-4-6-10-24)20-27(32)29-19-22-13-15-23(16-14-22)30-18-17-28-21(30)2/h4-18H,3,19-20H2,1-2H3,(H,29,32). The third-order valence-electron chi connectivity index (χ3n) is 5.58. The van der Waals surface area contributed by atoms with Gasteiger partial charge in [0.05, 0.1) is 17.2 Å². The number of ether oxygens (including phenoxy) is 1. The Morgan fingerprint density at radius 1 is 1.00 bits per heavy atom. The lowest BCUT2D eigenvalue weighted by molar-refractivity contribution is -0.119. The summed E-state index contributed by atoms with van der Waals surface area (Å²) < 4.78 is 35.8. The van der Waals surface area contributed by atoms with Crippen molar-refractivity contribution < 1.29 is 17.9 Å². The molecule has 186 valence electrons. The number of imidazole rings is 1. The van der Waals surface area contributed by atoms with Gasteiger partial charge in [-0.15, -0.1) is 0 Å². The maximum Gasteiger partial charge on any atom is 0.264 e. The fourth-order valence-corrected chi connectivity index (χ4v) is 5.22. The van der Waals surface area contributed by atoms with Gasteiger partial charge >= 0.3 is 0 Å². The van der Waals surface area contributed by atoms with Gasteiger partial charge in [-0.2, -0.15) is 0 Å². The molecule has 0 atom stereocenters. The number of carbonyl (C=O) groups excluding carboxylic acids is 1. The van der Waals surface area contributed by atoms with E-state index in [1.54, 1.807) is 48.7 Å². The Hall–Kier alpha value is -4.11. The number of anilines is 1. The van der Waals surface area contributed by atoms with Crippen molar-refractivity contribution >= 4 is 21.6 Å². The SMILES string of the molecule is CCOc1ccccc1N(CC(=O)NCc1ccc(-n2ccnc2C)cc1)S(=O)(=O)c1ccccc1. The molecule has 0 unspecified atom stereocenters. The maximum absolute atomic E-state index is 13.6. The van der Waals surface area contributed by atoms with E-state index in [4.69, 9.17) is 4.74 Å². The molecular weight excluding hydrogens is 476 g/mol. The molecule has 1 heterocycles. The lowest BCUT2D eigenvalue weighted by Gasteiger charge is -2.26. The fraction of sp³-hybridized carbons (Fsp3) is 0.185. The second kappa shape index (κ2) is 11.1. The number of sulfonamides is 1. The first-order valence-corrected chi connectivity index (χ1v) is 13.0. The molecule has 0 radical (unpaired) electrons. The zero-order valence-corrected chi connectivity index (χ0v) is 21.0. The average molecular weight is 505 g/mol. The first-order chi connectivity index (χ1) is 17.4. The van der Waals surface area contributed by atoms with E-state index in [0.717, 1.165) is 21.4 Å². The van der Waals surface area contributed by atoms with Gasteiger partial charge in [-0.05, 0) is 55.8 Å². The maximum atomic E-state index is 13.6. The third-order valence-corrected chi connectivity index (χ3v) is 7.36. The van der Waals surface area contributed by atoms with Gasteiger partial charge in [0.2, 0.25) is 5.91 Å². The Morgan fingerprint density at radius 2 is 1.69 bits per heavy atom. The molecule has 0 saturated carbocycles. The molecule has 3 aromatic carbocycles. The van der Waals surface area contributed by atoms with E-state index in [0.29, 0.717) is 18.0 Å². The summed E-state index contributed by atoms with van der Waals surface area (Å²) in [5, 5.41) is 2.83. The summed E-state index contributed by atoms with van der Waals surface area (Å²) in [7, 11) is -4.02. The Kier molecular flexibility index (Phi) is 7.70. The number of rotatable bonds is 10. The van der Waals surface area contributed by atoms with Crippen molar-refractivity contribution in [3.05, 3.63) is 103 Å². The van der Waals surface area contributed by atoms with E-state index in [1.807, 2.05) is 48.9 Å². The number of hydrogen-bond acceptors (Lipinski definition) is 5. The third kappa shape index (κ3) is 5.58. The summed E-state index contributed by atoms with van der Waals surface area (Å²) in [5.41, 5.74) is 2.16. The van der Waals surface area contributed by atoms with Crippen molar-refractivity contribution in [2.24, 2.45) is 0 Å². The van der Waals surface area contributed by atoms with Crippen LogP contribution in [0.1, 0.15) is 18.3 Å². The Morgan fingerprint density at radius 3 is 2.36 bits per heavy atom. The van der Waals surface area contributed by atoms with E-state index in [2.05, 4.69) is 10.3 Å². The molecule has 0 aliphatic carbocycles. The second-order valence-corrected chi connectivity index (χ2v) is 9.88. The number of aryl methyl sites for hydroxylation is 1. The van der Waals surface area contributed by atoms with E-state index in [-0.39, 0.29) is 11.4 Å². The number of nitrogens with one attached hydrogen (secondary N) is 1. The summed E-state index contributed by atoms with van der Waals surface area (Å²) in [6, 6.07) is 22.6. The quantitative estimate of drug-likeness (QED) is 0.351. The fourth-order valence-electron chi connectivity index (χ4n) is 3.77. The molecule has 0 bridgehead atoms. The molecule has 0 fully saturated rings. The molecule has 0 spiro atoms. The average Bonchev–Trinajstić information content (AvgIpc) is 3.33. The zero-order chi connectivity index (χ0) is 25.5. The topological polar surface area (TPSA) is 93.5 Å². The molecule has 1 aromatic heterocycles.